The summed E-state index contributed by atoms with van der Waals surface area (Å²) in [6.45, 7) is 6.31. The second-order valence-corrected chi connectivity index (χ2v) is 5.86. The van der Waals surface area contributed by atoms with E-state index in [9.17, 15) is 0 Å². The van der Waals surface area contributed by atoms with Crippen LogP contribution in [0, 0.1) is 0 Å². The molecule has 0 aromatic carbocycles. The Bertz CT molecular complexity index is 391. The van der Waals surface area contributed by atoms with Crippen LogP contribution >= 0.6 is 15.9 Å². The molecule has 1 saturated heterocycles. The highest BCUT2D eigenvalue weighted by Gasteiger charge is 2.31. The molecular weight excluding hydrogens is 282 g/mol. The molecule has 17 heavy (non-hydrogen) atoms. The Morgan fingerprint density at radius 2 is 2.24 bits per heavy atom. The van der Waals surface area contributed by atoms with Crippen LogP contribution in [-0.2, 0) is 4.74 Å². The average molecular weight is 302 g/mol. The molecule has 3 unspecified atom stereocenters. The predicted octanol–water partition coefficient (Wildman–Crippen LogP) is 2.79. The molecule has 1 aliphatic rings. The van der Waals surface area contributed by atoms with E-state index in [0.29, 0.717) is 12.1 Å². The number of nitrogens with two attached hydrogens (primary N) is 1. The van der Waals surface area contributed by atoms with E-state index in [1.54, 1.807) is 0 Å². The lowest BCUT2D eigenvalue weighted by Gasteiger charge is -2.22. The number of ether oxygens (including phenoxy) is 1. The van der Waals surface area contributed by atoms with Crippen molar-refractivity contribution in [1.29, 1.82) is 0 Å². The van der Waals surface area contributed by atoms with E-state index in [1.807, 2.05) is 10.9 Å². The molecular formula is C12H20BrN3O. The standard InChI is InChI=1S/C12H20BrN3O/c1-7(2)16-12(9(13)6-15-16)11(14)10-5-4-8(3)17-10/h6-8,10-11H,4-5,14H2,1-3H3. The molecule has 0 amide bonds. The zero-order chi connectivity index (χ0) is 12.6. The van der Waals surface area contributed by atoms with Gasteiger partial charge in [0.15, 0.2) is 0 Å². The van der Waals surface area contributed by atoms with Crippen LogP contribution in [0.15, 0.2) is 10.7 Å². The van der Waals surface area contributed by atoms with Crippen molar-refractivity contribution >= 4 is 15.9 Å². The maximum atomic E-state index is 6.33. The Kier molecular flexibility index (Phi) is 3.90. The van der Waals surface area contributed by atoms with Crippen LogP contribution in [0.1, 0.15) is 51.4 Å². The van der Waals surface area contributed by atoms with E-state index in [1.165, 1.54) is 0 Å². The van der Waals surface area contributed by atoms with Crippen molar-refractivity contribution < 1.29 is 4.74 Å². The summed E-state index contributed by atoms with van der Waals surface area (Å²) in [7, 11) is 0. The third-order valence-corrected chi connectivity index (χ3v) is 3.87. The Hall–Kier alpha value is -0.390. The molecule has 1 aliphatic heterocycles. The van der Waals surface area contributed by atoms with E-state index in [4.69, 9.17) is 10.5 Å². The number of hydrogen-bond donors (Lipinski definition) is 1. The highest BCUT2D eigenvalue weighted by Crippen LogP contribution is 2.33. The molecule has 0 aliphatic carbocycles. The van der Waals surface area contributed by atoms with Gasteiger partial charge in [0.05, 0.1) is 34.6 Å². The lowest BCUT2D eigenvalue weighted by Crippen LogP contribution is -2.29. The van der Waals surface area contributed by atoms with Crippen LogP contribution in [0.2, 0.25) is 0 Å². The van der Waals surface area contributed by atoms with Gasteiger partial charge in [-0.25, -0.2) is 0 Å². The van der Waals surface area contributed by atoms with Gasteiger partial charge in [0.2, 0.25) is 0 Å². The van der Waals surface area contributed by atoms with Crippen molar-refractivity contribution in [1.82, 2.24) is 9.78 Å². The van der Waals surface area contributed by atoms with Crippen LogP contribution in [-0.4, -0.2) is 22.0 Å². The Morgan fingerprint density at radius 1 is 1.53 bits per heavy atom. The summed E-state index contributed by atoms with van der Waals surface area (Å²) < 4.78 is 8.80. The zero-order valence-corrected chi connectivity index (χ0v) is 12.1. The summed E-state index contributed by atoms with van der Waals surface area (Å²) in [4.78, 5) is 0. The van der Waals surface area contributed by atoms with E-state index in [2.05, 4.69) is 41.8 Å². The molecule has 1 aromatic rings. The Labute approximate surface area is 111 Å². The highest BCUT2D eigenvalue weighted by molar-refractivity contribution is 9.10. The summed E-state index contributed by atoms with van der Waals surface area (Å²) in [5, 5.41) is 4.36. The molecule has 2 N–H and O–H groups in total. The van der Waals surface area contributed by atoms with Gasteiger partial charge in [-0.2, -0.15) is 5.10 Å². The van der Waals surface area contributed by atoms with Crippen molar-refractivity contribution in [3.63, 3.8) is 0 Å². The summed E-state index contributed by atoms with van der Waals surface area (Å²) in [6.07, 6.45) is 4.35. The third kappa shape index (κ3) is 2.56. The van der Waals surface area contributed by atoms with Crippen LogP contribution in [0.25, 0.3) is 0 Å². The first kappa shape index (κ1) is 13.1. The monoisotopic (exact) mass is 301 g/mol. The molecule has 0 spiro atoms. The van der Waals surface area contributed by atoms with Crippen molar-refractivity contribution in [3.8, 4) is 0 Å². The normalized spacial score (nSPS) is 26.7. The van der Waals surface area contributed by atoms with Crippen molar-refractivity contribution in [3.05, 3.63) is 16.4 Å². The fourth-order valence-electron chi connectivity index (χ4n) is 2.35. The van der Waals surface area contributed by atoms with Gasteiger partial charge in [0, 0.05) is 6.04 Å². The Morgan fingerprint density at radius 3 is 2.76 bits per heavy atom. The largest absolute Gasteiger partial charge is 0.373 e. The number of aromatic nitrogens is 2. The van der Waals surface area contributed by atoms with Crippen LogP contribution in [0.5, 0.6) is 0 Å². The number of halogens is 1. The summed E-state index contributed by atoms with van der Waals surface area (Å²) >= 11 is 3.53. The van der Waals surface area contributed by atoms with Gasteiger partial charge in [-0.15, -0.1) is 0 Å². The lowest BCUT2D eigenvalue weighted by atomic mass is 10.0. The second kappa shape index (κ2) is 5.08. The van der Waals surface area contributed by atoms with E-state index < -0.39 is 0 Å². The average Bonchev–Trinajstić information content (AvgIpc) is 2.83. The van der Waals surface area contributed by atoms with Crippen LogP contribution in [0.3, 0.4) is 0 Å². The summed E-state index contributed by atoms with van der Waals surface area (Å²) in [6, 6.07) is 0.195. The lowest BCUT2D eigenvalue weighted by molar-refractivity contribution is 0.0380. The number of hydrogen-bond acceptors (Lipinski definition) is 3. The topological polar surface area (TPSA) is 53.1 Å². The van der Waals surface area contributed by atoms with Gasteiger partial charge in [0.25, 0.3) is 0 Å². The van der Waals surface area contributed by atoms with E-state index in [0.717, 1.165) is 23.0 Å². The molecule has 0 bridgehead atoms. The maximum Gasteiger partial charge on any atom is 0.0787 e. The molecule has 1 aromatic heterocycles. The summed E-state index contributed by atoms with van der Waals surface area (Å²) in [5.74, 6) is 0. The maximum absolute atomic E-state index is 6.33. The molecule has 96 valence electrons. The quantitative estimate of drug-likeness (QED) is 0.934. The molecule has 4 nitrogen and oxygen atoms in total. The number of rotatable bonds is 3. The van der Waals surface area contributed by atoms with Crippen molar-refractivity contribution in [2.24, 2.45) is 5.73 Å². The molecule has 2 heterocycles. The van der Waals surface area contributed by atoms with Gasteiger partial charge in [-0.1, -0.05) is 0 Å². The second-order valence-electron chi connectivity index (χ2n) is 5.00. The SMILES string of the molecule is CC1CCC(C(N)c2c(Br)cnn2C(C)C)O1. The fourth-order valence-corrected chi connectivity index (χ4v) is 2.89. The van der Waals surface area contributed by atoms with Gasteiger partial charge in [-0.05, 0) is 49.5 Å². The number of nitrogens with zero attached hydrogens (tertiary/aromatic N) is 2. The van der Waals surface area contributed by atoms with Crippen LogP contribution in [0.4, 0.5) is 0 Å². The van der Waals surface area contributed by atoms with Gasteiger partial charge in [-0.3, -0.25) is 4.68 Å². The minimum absolute atomic E-state index is 0.107. The predicted molar refractivity (Wildman–Crippen MR) is 70.8 cm³/mol. The molecule has 5 heteroatoms. The van der Waals surface area contributed by atoms with Gasteiger partial charge < -0.3 is 10.5 Å². The minimum atomic E-state index is -0.112. The van der Waals surface area contributed by atoms with Crippen molar-refractivity contribution in [2.75, 3.05) is 0 Å². The van der Waals surface area contributed by atoms with Crippen LogP contribution < -0.4 is 5.73 Å². The Balaban J connectivity index is 2.24. The van der Waals surface area contributed by atoms with Gasteiger partial charge in [0.1, 0.15) is 0 Å². The first-order chi connectivity index (χ1) is 8.00. The smallest absolute Gasteiger partial charge is 0.0787 e. The van der Waals surface area contributed by atoms with Crippen molar-refractivity contribution in [2.45, 2.75) is 57.9 Å². The van der Waals surface area contributed by atoms with E-state index in [-0.39, 0.29) is 12.1 Å². The molecule has 0 saturated carbocycles. The highest BCUT2D eigenvalue weighted by atomic mass is 79.9. The fraction of sp³-hybridized carbons (Fsp3) is 0.750. The third-order valence-electron chi connectivity index (χ3n) is 3.26. The zero-order valence-electron chi connectivity index (χ0n) is 10.6. The summed E-state index contributed by atoms with van der Waals surface area (Å²) in [5.41, 5.74) is 7.37. The van der Waals surface area contributed by atoms with E-state index >= 15 is 0 Å². The molecule has 0 radical (unpaired) electrons. The molecule has 1 fully saturated rings. The molecule has 3 atom stereocenters. The first-order valence-electron chi connectivity index (χ1n) is 6.14. The minimum Gasteiger partial charge on any atom is -0.373 e. The first-order valence-corrected chi connectivity index (χ1v) is 6.94. The van der Waals surface area contributed by atoms with Gasteiger partial charge >= 0.3 is 0 Å². The molecule has 2 rings (SSSR count).